The van der Waals surface area contributed by atoms with Crippen LogP contribution in [0.4, 0.5) is 0 Å². The first-order valence-electron chi connectivity index (χ1n) is 12.6. The van der Waals surface area contributed by atoms with Gasteiger partial charge in [0.1, 0.15) is 0 Å². The highest BCUT2D eigenvalue weighted by Gasteiger charge is 2.33. The van der Waals surface area contributed by atoms with Crippen molar-refractivity contribution in [2.75, 3.05) is 0 Å². The third-order valence-corrected chi connectivity index (χ3v) is 6.46. The van der Waals surface area contributed by atoms with Gasteiger partial charge in [-0.3, -0.25) is 0 Å². The molecule has 0 N–H and O–H groups in total. The summed E-state index contributed by atoms with van der Waals surface area (Å²) in [5.74, 6) is 2.94. The summed E-state index contributed by atoms with van der Waals surface area (Å²) in [7, 11) is 2.11. The lowest BCUT2D eigenvalue weighted by molar-refractivity contribution is 0.563. The Morgan fingerprint density at radius 2 is 1.81 bits per heavy atom. The van der Waals surface area contributed by atoms with E-state index in [4.69, 9.17) is 6.42 Å². The monoisotopic (exact) mass is 429 g/mol. The van der Waals surface area contributed by atoms with Gasteiger partial charge >= 0.3 is 0 Å². The van der Waals surface area contributed by atoms with Crippen molar-refractivity contribution in [3.63, 3.8) is 0 Å². The normalized spacial score (nSPS) is 16.6. The second-order valence-electron chi connectivity index (χ2n) is 9.25. The highest BCUT2D eigenvalue weighted by Crippen LogP contribution is 2.46. The molecular weight excluding hydrogens is 386 g/mol. The number of hydrogen-bond acceptors (Lipinski definition) is 0. The molecule has 32 heavy (non-hydrogen) atoms. The second-order valence-corrected chi connectivity index (χ2v) is 9.25. The molecule has 0 fully saturated rings. The fraction of sp³-hybridized carbons (Fsp3) is 0.484. The van der Waals surface area contributed by atoms with E-state index in [9.17, 15) is 0 Å². The lowest BCUT2D eigenvalue weighted by Gasteiger charge is -2.17. The van der Waals surface area contributed by atoms with Gasteiger partial charge in [0.2, 0.25) is 0 Å². The summed E-state index contributed by atoms with van der Waals surface area (Å²) in [6, 6.07) is 8.81. The smallest absolute Gasteiger partial charge is 0.0996 e. The van der Waals surface area contributed by atoms with Gasteiger partial charge in [-0.15, -0.1) is 6.42 Å². The molecule has 0 bridgehead atoms. The molecule has 0 amide bonds. The highest BCUT2D eigenvalue weighted by molar-refractivity contribution is 5.90. The molecule has 0 radical (unpaired) electrons. The second kappa shape index (κ2) is 12.0. The summed E-state index contributed by atoms with van der Waals surface area (Å²) in [5.41, 5.74) is 9.34. The third kappa shape index (κ3) is 5.47. The molecule has 1 aromatic heterocycles. The minimum absolute atomic E-state index is 0.181. The van der Waals surface area contributed by atoms with Gasteiger partial charge in [-0.1, -0.05) is 103 Å². The van der Waals surface area contributed by atoms with E-state index in [1.165, 1.54) is 59.2 Å². The molecule has 1 aromatic carbocycles. The molecule has 2 aliphatic carbocycles. The van der Waals surface area contributed by atoms with Gasteiger partial charge in [-0.2, -0.15) is 0 Å². The molecule has 0 spiro atoms. The zero-order valence-corrected chi connectivity index (χ0v) is 21.5. The number of aromatic nitrogens is 1. The highest BCUT2D eigenvalue weighted by atomic mass is 15.0. The van der Waals surface area contributed by atoms with Gasteiger partial charge in [0, 0.05) is 23.9 Å². The van der Waals surface area contributed by atoms with E-state index in [2.05, 4.69) is 87.7 Å². The number of hydrogen-bond donors (Lipinski definition) is 0. The molecule has 0 aliphatic heterocycles. The van der Waals surface area contributed by atoms with Crippen molar-refractivity contribution in [3.8, 4) is 12.3 Å². The summed E-state index contributed by atoms with van der Waals surface area (Å²) < 4.78 is 2.23. The van der Waals surface area contributed by atoms with E-state index >= 15 is 0 Å². The standard InChI is InChI=1S/C24H25N.C5H12.C2H6/c1-5-22-20(19-12-7-6-8-14-23(19)25(22)4)15-17-16-24(2,3)21-13-10-9-11-18(17)21;1-3-5-4-2;1-2/h1,7,9-13,15H,6,8,14,16H2,2-4H3;3-5H2,1-2H3;1-2H3/b17-15+;;. The molecule has 0 unspecified atom stereocenters. The molecule has 2 aromatic rings. The summed E-state index contributed by atoms with van der Waals surface area (Å²) in [6.07, 6.45) is 21.4. The Hall–Kier alpha value is -2.46. The van der Waals surface area contributed by atoms with E-state index in [0.29, 0.717) is 0 Å². The molecule has 1 heterocycles. The first-order valence-corrected chi connectivity index (χ1v) is 12.6. The van der Waals surface area contributed by atoms with Crippen molar-refractivity contribution in [1.82, 2.24) is 4.57 Å². The Labute approximate surface area is 197 Å². The summed E-state index contributed by atoms with van der Waals surface area (Å²) >= 11 is 0. The van der Waals surface area contributed by atoms with Crippen LogP contribution in [0.2, 0.25) is 0 Å². The predicted octanol–water partition coefficient (Wildman–Crippen LogP) is 8.80. The molecule has 0 saturated heterocycles. The molecule has 1 nitrogen and oxygen atoms in total. The Bertz CT molecular complexity index is 986. The molecule has 172 valence electrons. The molecule has 1 heteroatoms. The number of nitrogens with zero attached hydrogens (tertiary/aromatic N) is 1. The van der Waals surface area contributed by atoms with Crippen LogP contribution < -0.4 is 0 Å². The number of unbranched alkanes of at least 4 members (excludes halogenated alkanes) is 2. The van der Waals surface area contributed by atoms with Gasteiger partial charge in [-0.25, -0.2) is 0 Å². The van der Waals surface area contributed by atoms with Crippen molar-refractivity contribution >= 4 is 17.7 Å². The van der Waals surface area contributed by atoms with Crippen molar-refractivity contribution in [2.24, 2.45) is 7.05 Å². The number of terminal acetylenes is 1. The SMILES string of the molecule is C#Cc1c(/C=C2\CC(C)(C)c3ccccc32)c2c(n1C)CCCC=C2.CC.CCCCC. The Balaban J connectivity index is 0.000000460. The van der Waals surface area contributed by atoms with E-state index in [1.54, 1.807) is 0 Å². The van der Waals surface area contributed by atoms with Crippen LogP contribution in [-0.2, 0) is 18.9 Å². The van der Waals surface area contributed by atoms with Crippen LogP contribution in [-0.4, -0.2) is 4.57 Å². The molecule has 4 rings (SSSR count). The summed E-state index contributed by atoms with van der Waals surface area (Å²) in [6.45, 7) is 13.1. The maximum Gasteiger partial charge on any atom is 0.0996 e. The first kappa shape index (κ1) is 25.8. The van der Waals surface area contributed by atoms with Gasteiger partial charge < -0.3 is 4.57 Å². The average molecular weight is 430 g/mol. The minimum Gasteiger partial charge on any atom is -0.340 e. The molecule has 0 atom stereocenters. The topological polar surface area (TPSA) is 4.93 Å². The van der Waals surface area contributed by atoms with Crippen molar-refractivity contribution in [1.29, 1.82) is 0 Å². The van der Waals surface area contributed by atoms with E-state index in [-0.39, 0.29) is 5.41 Å². The number of benzene rings is 1. The predicted molar refractivity (Wildman–Crippen MR) is 144 cm³/mol. The van der Waals surface area contributed by atoms with Crippen LogP contribution >= 0.6 is 0 Å². The maximum absolute atomic E-state index is 5.90. The van der Waals surface area contributed by atoms with Crippen LogP contribution in [0.1, 0.15) is 114 Å². The van der Waals surface area contributed by atoms with Crippen LogP contribution in [0.5, 0.6) is 0 Å². The average Bonchev–Trinajstić information content (AvgIpc) is 3.06. The fourth-order valence-corrected chi connectivity index (χ4v) is 4.85. The molecule has 2 aliphatic rings. The fourth-order valence-electron chi connectivity index (χ4n) is 4.85. The van der Waals surface area contributed by atoms with Crippen molar-refractivity contribution < 1.29 is 0 Å². The van der Waals surface area contributed by atoms with Crippen LogP contribution in [0.25, 0.3) is 17.7 Å². The van der Waals surface area contributed by atoms with E-state index in [1.807, 2.05) is 13.8 Å². The van der Waals surface area contributed by atoms with Gasteiger partial charge in [0.25, 0.3) is 0 Å². The van der Waals surface area contributed by atoms with Crippen molar-refractivity contribution in [3.05, 3.63) is 64.0 Å². The number of allylic oxidation sites excluding steroid dienone is 2. The zero-order chi connectivity index (χ0) is 23.7. The van der Waals surface area contributed by atoms with Crippen LogP contribution in [0.15, 0.2) is 30.3 Å². The summed E-state index contributed by atoms with van der Waals surface area (Å²) in [5, 5.41) is 0. The number of fused-ring (bicyclic) bond motifs is 2. The first-order chi connectivity index (χ1) is 15.4. The molecular formula is C31H43N. The molecule has 0 saturated carbocycles. The minimum atomic E-state index is 0.181. The van der Waals surface area contributed by atoms with Crippen molar-refractivity contribution in [2.45, 2.75) is 91.9 Å². The van der Waals surface area contributed by atoms with E-state index < -0.39 is 0 Å². The maximum atomic E-state index is 5.90. The Kier molecular flexibility index (Phi) is 9.64. The van der Waals surface area contributed by atoms with Gasteiger partial charge in [-0.05, 0) is 53.9 Å². The number of rotatable bonds is 3. The van der Waals surface area contributed by atoms with Gasteiger partial charge in [0.15, 0.2) is 0 Å². The third-order valence-electron chi connectivity index (χ3n) is 6.46. The zero-order valence-electron chi connectivity index (χ0n) is 21.5. The Morgan fingerprint density at radius 1 is 1.12 bits per heavy atom. The summed E-state index contributed by atoms with van der Waals surface area (Å²) in [4.78, 5) is 0. The Morgan fingerprint density at radius 3 is 2.44 bits per heavy atom. The lowest BCUT2D eigenvalue weighted by atomic mass is 9.86. The van der Waals surface area contributed by atoms with Gasteiger partial charge in [0.05, 0.1) is 5.69 Å². The van der Waals surface area contributed by atoms with E-state index in [0.717, 1.165) is 25.0 Å². The largest absolute Gasteiger partial charge is 0.340 e. The van der Waals surface area contributed by atoms with Crippen LogP contribution in [0.3, 0.4) is 0 Å². The quantitative estimate of drug-likeness (QED) is 0.430. The lowest BCUT2D eigenvalue weighted by Crippen LogP contribution is -2.11. The van der Waals surface area contributed by atoms with Crippen LogP contribution in [0, 0.1) is 12.3 Å².